The van der Waals surface area contributed by atoms with Crippen molar-refractivity contribution in [2.24, 2.45) is 0 Å². The Kier molecular flexibility index (Phi) is 7.41. The topological polar surface area (TPSA) is 84.5 Å². The van der Waals surface area contributed by atoms with Crippen LogP contribution in [0, 0.1) is 6.92 Å². The van der Waals surface area contributed by atoms with Crippen LogP contribution in [0.25, 0.3) is 0 Å². The number of amides is 2. The third-order valence-electron chi connectivity index (χ3n) is 3.06. The molecule has 0 fully saturated rings. The number of hydrogen-bond acceptors (Lipinski definition) is 4. The highest BCUT2D eigenvalue weighted by Gasteiger charge is 2.42. The van der Waals surface area contributed by atoms with E-state index in [1.807, 2.05) is 6.92 Å². The number of aryl methyl sites for hydroxylation is 1. The average molecular weight is 360 g/mol. The lowest BCUT2D eigenvalue weighted by Gasteiger charge is -2.20. The quantitative estimate of drug-likeness (QED) is 0.577. The summed E-state index contributed by atoms with van der Waals surface area (Å²) in [5, 5.41) is 4.05. The molecule has 0 aromatic heterocycles. The Morgan fingerprint density at radius 3 is 2.24 bits per heavy atom. The van der Waals surface area contributed by atoms with Crippen molar-refractivity contribution in [1.82, 2.24) is 5.32 Å². The Hall–Kier alpha value is -2.58. The minimum absolute atomic E-state index is 0.0731. The Morgan fingerprint density at radius 2 is 1.72 bits per heavy atom. The van der Waals surface area contributed by atoms with Crippen LogP contribution in [0.1, 0.15) is 25.3 Å². The van der Waals surface area contributed by atoms with Crippen molar-refractivity contribution in [2.75, 3.05) is 11.9 Å². The maximum atomic E-state index is 12.9. The molecular weight excluding hydrogens is 341 g/mol. The fourth-order valence-electron chi connectivity index (χ4n) is 1.87. The van der Waals surface area contributed by atoms with Crippen LogP contribution in [0.5, 0.6) is 0 Å². The Balaban J connectivity index is 2.59. The molecule has 0 saturated heterocycles. The van der Waals surface area contributed by atoms with Crippen molar-refractivity contribution >= 4 is 23.5 Å². The second kappa shape index (κ2) is 9.05. The third-order valence-corrected chi connectivity index (χ3v) is 3.06. The monoisotopic (exact) mass is 360 g/mol. The summed E-state index contributed by atoms with van der Waals surface area (Å²) in [7, 11) is 0. The molecule has 2 N–H and O–H groups in total. The molecule has 1 unspecified atom stereocenters. The minimum atomic E-state index is -4.84. The van der Waals surface area contributed by atoms with Crippen LogP contribution in [0.15, 0.2) is 24.3 Å². The van der Waals surface area contributed by atoms with E-state index in [0.717, 1.165) is 5.56 Å². The highest BCUT2D eigenvalue weighted by Crippen LogP contribution is 2.23. The number of hydrogen-bond donors (Lipinski definition) is 2. The third kappa shape index (κ3) is 7.69. The SMILES string of the molecule is CCOC(=O)CC(NC(=O)CC(=O)Nc1ccc(C)cc1)C(F)(F)F. The van der Waals surface area contributed by atoms with Gasteiger partial charge >= 0.3 is 12.1 Å². The number of alkyl halides is 3. The zero-order valence-electron chi connectivity index (χ0n) is 13.8. The number of rotatable bonds is 7. The van der Waals surface area contributed by atoms with E-state index in [2.05, 4.69) is 10.1 Å². The van der Waals surface area contributed by atoms with E-state index in [-0.39, 0.29) is 6.61 Å². The predicted octanol–water partition coefficient (Wildman–Crippen LogP) is 2.32. The maximum Gasteiger partial charge on any atom is 0.409 e. The smallest absolute Gasteiger partial charge is 0.409 e. The molecule has 0 heterocycles. The van der Waals surface area contributed by atoms with Crippen molar-refractivity contribution in [3.8, 4) is 0 Å². The molecule has 25 heavy (non-hydrogen) atoms. The van der Waals surface area contributed by atoms with E-state index in [9.17, 15) is 27.6 Å². The molecule has 1 aromatic rings. The molecule has 0 saturated carbocycles. The number of anilines is 1. The summed E-state index contributed by atoms with van der Waals surface area (Å²) in [5.74, 6) is -3.00. The van der Waals surface area contributed by atoms with Gasteiger partial charge in [0.1, 0.15) is 12.5 Å². The molecule has 138 valence electrons. The van der Waals surface area contributed by atoms with Gasteiger partial charge in [-0.05, 0) is 26.0 Å². The van der Waals surface area contributed by atoms with E-state index in [1.54, 1.807) is 29.6 Å². The number of ether oxygens (including phenoxy) is 1. The number of carbonyl (C=O) groups excluding carboxylic acids is 3. The van der Waals surface area contributed by atoms with Crippen molar-refractivity contribution < 1.29 is 32.3 Å². The van der Waals surface area contributed by atoms with Crippen LogP contribution < -0.4 is 10.6 Å². The lowest BCUT2D eigenvalue weighted by Crippen LogP contribution is -2.47. The highest BCUT2D eigenvalue weighted by atomic mass is 19.4. The molecular formula is C16H19F3N2O4. The summed E-state index contributed by atoms with van der Waals surface area (Å²) in [6, 6.07) is 4.25. The second-order valence-corrected chi connectivity index (χ2v) is 5.26. The molecule has 0 radical (unpaired) electrons. The fourth-order valence-corrected chi connectivity index (χ4v) is 1.87. The van der Waals surface area contributed by atoms with Crippen LogP contribution in [-0.2, 0) is 19.1 Å². The summed E-state index contributed by atoms with van der Waals surface area (Å²) in [6.45, 7) is 3.23. The van der Waals surface area contributed by atoms with Crippen molar-refractivity contribution in [1.29, 1.82) is 0 Å². The Morgan fingerprint density at radius 1 is 1.12 bits per heavy atom. The standard InChI is InChI=1S/C16H19F3N2O4/c1-3-25-15(24)8-12(16(17,18)19)21-14(23)9-13(22)20-11-6-4-10(2)5-7-11/h4-7,12H,3,8-9H2,1-2H3,(H,20,22)(H,21,23). The van der Waals surface area contributed by atoms with E-state index >= 15 is 0 Å². The van der Waals surface area contributed by atoms with Gasteiger partial charge in [0.05, 0.1) is 13.0 Å². The number of halogens is 3. The van der Waals surface area contributed by atoms with Gasteiger partial charge in [0.15, 0.2) is 0 Å². The Labute approximate surface area is 142 Å². The molecule has 1 atom stereocenters. The summed E-state index contributed by atoms with van der Waals surface area (Å²) in [6.07, 6.45) is -6.69. The highest BCUT2D eigenvalue weighted by molar-refractivity contribution is 6.03. The molecule has 0 aliphatic heterocycles. The lowest BCUT2D eigenvalue weighted by molar-refractivity contribution is -0.172. The van der Waals surface area contributed by atoms with Gasteiger partial charge in [-0.2, -0.15) is 13.2 Å². The zero-order chi connectivity index (χ0) is 19.0. The number of esters is 1. The van der Waals surface area contributed by atoms with Gasteiger partial charge in [-0.1, -0.05) is 17.7 Å². The van der Waals surface area contributed by atoms with Gasteiger partial charge in [-0.3, -0.25) is 14.4 Å². The lowest BCUT2D eigenvalue weighted by atomic mass is 10.2. The van der Waals surface area contributed by atoms with Crippen LogP contribution in [0.3, 0.4) is 0 Å². The van der Waals surface area contributed by atoms with Gasteiger partial charge in [0.25, 0.3) is 0 Å². The molecule has 6 nitrogen and oxygen atoms in total. The number of carbonyl (C=O) groups is 3. The number of benzene rings is 1. The average Bonchev–Trinajstić information content (AvgIpc) is 2.48. The van der Waals surface area contributed by atoms with E-state index < -0.39 is 42.8 Å². The van der Waals surface area contributed by atoms with E-state index in [4.69, 9.17) is 0 Å². The first-order chi connectivity index (χ1) is 11.6. The van der Waals surface area contributed by atoms with Crippen LogP contribution in [0.4, 0.5) is 18.9 Å². The van der Waals surface area contributed by atoms with Gasteiger partial charge in [0, 0.05) is 5.69 Å². The Bertz CT molecular complexity index is 615. The molecule has 0 spiro atoms. The first-order valence-electron chi connectivity index (χ1n) is 7.50. The second-order valence-electron chi connectivity index (χ2n) is 5.26. The van der Waals surface area contributed by atoms with Crippen molar-refractivity contribution in [3.63, 3.8) is 0 Å². The van der Waals surface area contributed by atoms with Crippen LogP contribution in [-0.4, -0.2) is 36.6 Å². The molecule has 9 heteroatoms. The molecule has 0 aliphatic carbocycles. The molecule has 1 rings (SSSR count). The largest absolute Gasteiger partial charge is 0.466 e. The van der Waals surface area contributed by atoms with Gasteiger partial charge in [-0.15, -0.1) is 0 Å². The van der Waals surface area contributed by atoms with Gasteiger partial charge < -0.3 is 15.4 Å². The van der Waals surface area contributed by atoms with Gasteiger partial charge in [0.2, 0.25) is 11.8 Å². The summed E-state index contributed by atoms with van der Waals surface area (Å²) >= 11 is 0. The molecule has 0 aliphatic rings. The normalized spacial score (nSPS) is 12.2. The first kappa shape index (κ1) is 20.5. The van der Waals surface area contributed by atoms with Crippen LogP contribution >= 0.6 is 0 Å². The van der Waals surface area contributed by atoms with E-state index in [1.165, 1.54) is 6.92 Å². The maximum absolute atomic E-state index is 12.9. The van der Waals surface area contributed by atoms with Crippen molar-refractivity contribution in [3.05, 3.63) is 29.8 Å². The van der Waals surface area contributed by atoms with Gasteiger partial charge in [-0.25, -0.2) is 0 Å². The minimum Gasteiger partial charge on any atom is -0.466 e. The first-order valence-corrected chi connectivity index (χ1v) is 7.50. The number of nitrogens with one attached hydrogen (secondary N) is 2. The molecule has 0 bridgehead atoms. The summed E-state index contributed by atoms with van der Waals surface area (Å²) in [4.78, 5) is 34.6. The van der Waals surface area contributed by atoms with Crippen LogP contribution in [0.2, 0.25) is 0 Å². The molecule has 1 aromatic carbocycles. The summed E-state index contributed by atoms with van der Waals surface area (Å²) in [5.41, 5.74) is 1.38. The van der Waals surface area contributed by atoms with Crippen molar-refractivity contribution in [2.45, 2.75) is 38.9 Å². The fraction of sp³-hybridized carbons (Fsp3) is 0.438. The van der Waals surface area contributed by atoms with E-state index in [0.29, 0.717) is 5.69 Å². The summed E-state index contributed by atoms with van der Waals surface area (Å²) < 4.78 is 43.1. The molecule has 2 amide bonds. The zero-order valence-corrected chi connectivity index (χ0v) is 13.8. The predicted molar refractivity (Wildman–Crippen MR) is 83.7 cm³/mol.